The second kappa shape index (κ2) is 4.14. The molecule has 0 aliphatic carbocycles. The highest BCUT2D eigenvalue weighted by Crippen LogP contribution is 2.30. The number of likely N-dealkylation sites (tertiary alicyclic amines) is 1. The van der Waals surface area contributed by atoms with Gasteiger partial charge in [0, 0.05) is 25.2 Å². The number of β-amino-alcohol motifs (C(OH)–C–C–N with tert-alkyl or cyclic N) is 1. The van der Waals surface area contributed by atoms with Gasteiger partial charge in [0.2, 0.25) is 0 Å². The van der Waals surface area contributed by atoms with E-state index >= 15 is 0 Å². The molecule has 0 aromatic carbocycles. The summed E-state index contributed by atoms with van der Waals surface area (Å²) >= 11 is 0. The molecule has 2 N–H and O–H groups in total. The van der Waals surface area contributed by atoms with E-state index in [1.54, 1.807) is 4.90 Å². The topological polar surface area (TPSA) is 61.8 Å². The summed E-state index contributed by atoms with van der Waals surface area (Å²) < 4.78 is 5.35. The molecule has 1 amide bonds. The minimum Gasteiger partial charge on any atom is -0.444 e. The van der Waals surface area contributed by atoms with Crippen LogP contribution in [0.4, 0.5) is 4.79 Å². The molecule has 1 spiro atoms. The number of hydrogen-bond acceptors (Lipinski definition) is 4. The van der Waals surface area contributed by atoms with Crippen LogP contribution in [-0.2, 0) is 4.74 Å². The normalized spacial score (nSPS) is 33.4. The molecule has 0 bridgehead atoms. The third kappa shape index (κ3) is 2.90. The second-order valence-corrected chi connectivity index (χ2v) is 6.17. The first-order valence-electron chi connectivity index (χ1n) is 6.21. The van der Waals surface area contributed by atoms with Gasteiger partial charge in [-0.3, -0.25) is 0 Å². The van der Waals surface area contributed by atoms with Gasteiger partial charge in [0.05, 0.1) is 6.10 Å². The van der Waals surface area contributed by atoms with Gasteiger partial charge in [-0.1, -0.05) is 0 Å². The Balaban J connectivity index is 1.92. The summed E-state index contributed by atoms with van der Waals surface area (Å²) in [5, 5.41) is 12.9. The summed E-state index contributed by atoms with van der Waals surface area (Å²) in [6.45, 7) is 7.58. The van der Waals surface area contributed by atoms with Crippen molar-refractivity contribution in [1.82, 2.24) is 10.2 Å². The molecule has 2 heterocycles. The Morgan fingerprint density at radius 1 is 1.53 bits per heavy atom. The molecule has 0 aromatic heterocycles. The van der Waals surface area contributed by atoms with Crippen LogP contribution in [0.15, 0.2) is 0 Å². The van der Waals surface area contributed by atoms with Gasteiger partial charge in [-0.2, -0.15) is 0 Å². The number of aliphatic hydroxyl groups is 1. The number of aliphatic hydroxyl groups excluding tert-OH is 1. The van der Waals surface area contributed by atoms with Crippen LogP contribution < -0.4 is 5.32 Å². The molecule has 2 unspecified atom stereocenters. The van der Waals surface area contributed by atoms with Crippen molar-refractivity contribution in [1.29, 1.82) is 0 Å². The molecule has 2 aliphatic heterocycles. The zero-order valence-corrected chi connectivity index (χ0v) is 10.8. The first-order chi connectivity index (χ1) is 7.80. The number of nitrogens with one attached hydrogen (secondary N) is 1. The van der Waals surface area contributed by atoms with Gasteiger partial charge >= 0.3 is 6.09 Å². The molecule has 2 saturated heterocycles. The molecule has 98 valence electrons. The standard InChI is InChI=1S/C12H22N2O3/c1-11(2,3)17-10(16)14-5-4-12(8-14)6-9(15)7-13-12/h9,13,15H,4-8H2,1-3H3. The number of ether oxygens (including phenoxy) is 1. The molecule has 2 rings (SSSR count). The van der Waals surface area contributed by atoms with E-state index in [1.165, 1.54) is 0 Å². The van der Waals surface area contributed by atoms with Gasteiger partial charge in [0.25, 0.3) is 0 Å². The quantitative estimate of drug-likeness (QED) is 0.657. The van der Waals surface area contributed by atoms with Crippen LogP contribution in [0.1, 0.15) is 33.6 Å². The van der Waals surface area contributed by atoms with Crippen LogP contribution in [0.5, 0.6) is 0 Å². The number of amides is 1. The first-order valence-corrected chi connectivity index (χ1v) is 6.21. The van der Waals surface area contributed by atoms with E-state index in [0.717, 1.165) is 12.8 Å². The lowest BCUT2D eigenvalue weighted by molar-refractivity contribution is 0.0281. The summed E-state index contributed by atoms with van der Waals surface area (Å²) in [5.41, 5.74) is -0.536. The van der Waals surface area contributed by atoms with Crippen molar-refractivity contribution in [2.24, 2.45) is 0 Å². The summed E-state index contributed by atoms with van der Waals surface area (Å²) in [7, 11) is 0. The predicted molar refractivity (Wildman–Crippen MR) is 63.8 cm³/mol. The van der Waals surface area contributed by atoms with Crippen molar-refractivity contribution in [2.75, 3.05) is 19.6 Å². The fourth-order valence-corrected chi connectivity index (χ4v) is 2.60. The third-order valence-electron chi connectivity index (χ3n) is 3.34. The zero-order chi connectivity index (χ0) is 12.7. The molecule has 0 saturated carbocycles. The van der Waals surface area contributed by atoms with Gasteiger partial charge in [0.15, 0.2) is 0 Å². The van der Waals surface area contributed by atoms with Crippen molar-refractivity contribution in [3.63, 3.8) is 0 Å². The van der Waals surface area contributed by atoms with E-state index in [0.29, 0.717) is 19.6 Å². The van der Waals surface area contributed by atoms with Crippen molar-refractivity contribution in [3.05, 3.63) is 0 Å². The van der Waals surface area contributed by atoms with Crippen LogP contribution in [-0.4, -0.2) is 53.0 Å². The fraction of sp³-hybridized carbons (Fsp3) is 0.917. The number of carbonyl (C=O) groups excluding carboxylic acids is 1. The highest BCUT2D eigenvalue weighted by atomic mass is 16.6. The lowest BCUT2D eigenvalue weighted by Crippen LogP contribution is -2.44. The van der Waals surface area contributed by atoms with E-state index in [1.807, 2.05) is 20.8 Å². The van der Waals surface area contributed by atoms with E-state index in [4.69, 9.17) is 4.74 Å². The summed E-state index contributed by atoms with van der Waals surface area (Å²) in [4.78, 5) is 13.6. The summed E-state index contributed by atoms with van der Waals surface area (Å²) in [6.07, 6.45) is 1.08. The van der Waals surface area contributed by atoms with Crippen molar-refractivity contribution in [3.8, 4) is 0 Å². The van der Waals surface area contributed by atoms with Crippen molar-refractivity contribution in [2.45, 2.75) is 50.9 Å². The van der Waals surface area contributed by atoms with Crippen LogP contribution in [0.3, 0.4) is 0 Å². The Labute approximate surface area is 102 Å². The molecule has 5 nitrogen and oxygen atoms in total. The van der Waals surface area contributed by atoms with Crippen LogP contribution in [0, 0.1) is 0 Å². The largest absolute Gasteiger partial charge is 0.444 e. The minimum atomic E-state index is -0.449. The van der Waals surface area contributed by atoms with Crippen LogP contribution >= 0.6 is 0 Å². The molecular formula is C12H22N2O3. The maximum absolute atomic E-state index is 11.9. The molecule has 17 heavy (non-hydrogen) atoms. The number of hydrogen-bond donors (Lipinski definition) is 2. The fourth-order valence-electron chi connectivity index (χ4n) is 2.60. The SMILES string of the molecule is CC(C)(C)OC(=O)N1CCC2(CC(O)CN2)C1. The summed E-state index contributed by atoms with van der Waals surface area (Å²) in [6, 6.07) is 0. The van der Waals surface area contributed by atoms with E-state index in [2.05, 4.69) is 5.32 Å². The monoisotopic (exact) mass is 242 g/mol. The van der Waals surface area contributed by atoms with Crippen LogP contribution in [0.25, 0.3) is 0 Å². The van der Waals surface area contributed by atoms with Gasteiger partial charge in [-0.25, -0.2) is 4.79 Å². The average Bonchev–Trinajstić information content (AvgIpc) is 2.72. The molecular weight excluding hydrogens is 220 g/mol. The van der Waals surface area contributed by atoms with Crippen molar-refractivity contribution < 1.29 is 14.6 Å². The molecule has 0 aromatic rings. The zero-order valence-electron chi connectivity index (χ0n) is 10.8. The number of carbonyl (C=O) groups is 1. The molecule has 5 heteroatoms. The second-order valence-electron chi connectivity index (χ2n) is 6.17. The van der Waals surface area contributed by atoms with E-state index in [-0.39, 0.29) is 17.7 Å². The summed E-state index contributed by atoms with van der Waals surface area (Å²) in [5.74, 6) is 0. The number of nitrogens with zero attached hydrogens (tertiary/aromatic N) is 1. The minimum absolute atomic E-state index is 0.0870. The Morgan fingerprint density at radius 2 is 2.24 bits per heavy atom. The average molecular weight is 242 g/mol. The molecule has 2 aliphatic rings. The Morgan fingerprint density at radius 3 is 2.76 bits per heavy atom. The highest BCUT2D eigenvalue weighted by molar-refractivity contribution is 5.68. The van der Waals surface area contributed by atoms with Gasteiger partial charge in [-0.05, 0) is 33.6 Å². The Bertz CT molecular complexity index is 313. The maximum Gasteiger partial charge on any atom is 0.410 e. The van der Waals surface area contributed by atoms with E-state index < -0.39 is 5.60 Å². The smallest absolute Gasteiger partial charge is 0.410 e. The van der Waals surface area contributed by atoms with Gasteiger partial charge in [-0.15, -0.1) is 0 Å². The predicted octanol–water partition coefficient (Wildman–Crippen LogP) is 0.720. The number of rotatable bonds is 0. The lowest BCUT2D eigenvalue weighted by Gasteiger charge is -2.27. The van der Waals surface area contributed by atoms with Gasteiger partial charge < -0.3 is 20.1 Å². The third-order valence-corrected chi connectivity index (χ3v) is 3.34. The van der Waals surface area contributed by atoms with Crippen molar-refractivity contribution >= 4 is 6.09 Å². The molecule has 2 atom stereocenters. The lowest BCUT2D eigenvalue weighted by atomic mass is 9.96. The Kier molecular flexibility index (Phi) is 3.08. The first kappa shape index (κ1) is 12.6. The van der Waals surface area contributed by atoms with E-state index in [9.17, 15) is 9.90 Å². The highest BCUT2D eigenvalue weighted by Gasteiger charge is 2.45. The molecule has 2 fully saturated rings. The maximum atomic E-state index is 11.9. The molecule has 0 radical (unpaired) electrons. The van der Waals surface area contributed by atoms with Crippen LogP contribution in [0.2, 0.25) is 0 Å². The van der Waals surface area contributed by atoms with Gasteiger partial charge in [0.1, 0.15) is 5.60 Å². The Hall–Kier alpha value is -0.810.